The van der Waals surface area contributed by atoms with E-state index in [1.54, 1.807) is 0 Å². The molecule has 1 saturated carbocycles. The first-order valence-corrected chi connectivity index (χ1v) is 10.6. The molecular formula is C22H30N4O2. The standard InChI is InChI=1S/C22H30N4O2/c1-22(2)14-25(15-22)16-6-9-19(21(11-16)28-17-7-8-17)20-13-26(24-23-20)12-18-5-3-4-10-27-18/h6,9,11,13,17-18H,3-5,7-8,10,12,14-15H2,1-2H3/t18-/m1/s1. The van der Waals surface area contributed by atoms with Crippen molar-refractivity contribution in [3.8, 4) is 17.0 Å². The molecule has 2 aromatic rings. The second-order valence-electron chi connectivity index (χ2n) is 9.33. The van der Waals surface area contributed by atoms with Crippen molar-refractivity contribution < 1.29 is 9.47 Å². The summed E-state index contributed by atoms with van der Waals surface area (Å²) in [5.41, 5.74) is 3.55. The molecule has 1 aromatic heterocycles. The zero-order valence-corrected chi connectivity index (χ0v) is 16.9. The van der Waals surface area contributed by atoms with Crippen LogP contribution in [0.15, 0.2) is 24.4 Å². The number of hydrogen-bond acceptors (Lipinski definition) is 5. The largest absolute Gasteiger partial charge is 0.490 e. The van der Waals surface area contributed by atoms with E-state index in [0.717, 1.165) is 62.5 Å². The Morgan fingerprint density at radius 1 is 1.18 bits per heavy atom. The Kier molecular flexibility index (Phi) is 4.54. The SMILES string of the molecule is CC1(C)CN(c2ccc(-c3cn(C[C@H]4CCCCO4)nn3)c(OC3CC3)c2)C1. The van der Waals surface area contributed by atoms with Crippen LogP contribution in [0.5, 0.6) is 5.75 Å². The van der Waals surface area contributed by atoms with E-state index in [-0.39, 0.29) is 6.10 Å². The van der Waals surface area contributed by atoms with Crippen molar-refractivity contribution in [2.24, 2.45) is 5.41 Å². The Hall–Kier alpha value is -2.08. The van der Waals surface area contributed by atoms with Crippen molar-refractivity contribution >= 4 is 5.69 Å². The second kappa shape index (κ2) is 7.07. The van der Waals surface area contributed by atoms with Gasteiger partial charge in [0.1, 0.15) is 11.4 Å². The minimum Gasteiger partial charge on any atom is -0.490 e. The van der Waals surface area contributed by atoms with Gasteiger partial charge in [0.15, 0.2) is 0 Å². The van der Waals surface area contributed by atoms with Gasteiger partial charge in [0.2, 0.25) is 0 Å². The molecule has 0 unspecified atom stereocenters. The van der Waals surface area contributed by atoms with E-state index in [0.29, 0.717) is 11.5 Å². The smallest absolute Gasteiger partial charge is 0.131 e. The number of benzene rings is 1. The van der Waals surface area contributed by atoms with Crippen LogP contribution in [0.3, 0.4) is 0 Å². The highest BCUT2D eigenvalue weighted by atomic mass is 16.5. The summed E-state index contributed by atoms with van der Waals surface area (Å²) in [5.74, 6) is 0.936. The maximum absolute atomic E-state index is 6.25. The summed E-state index contributed by atoms with van der Waals surface area (Å²) in [7, 11) is 0. The normalized spacial score (nSPS) is 24.1. The average Bonchev–Trinajstić information content (AvgIpc) is 3.36. The molecule has 3 aliphatic rings. The lowest BCUT2D eigenvalue weighted by Gasteiger charge is -2.47. The van der Waals surface area contributed by atoms with Gasteiger partial charge in [-0.2, -0.15) is 0 Å². The van der Waals surface area contributed by atoms with Crippen LogP contribution in [0.25, 0.3) is 11.3 Å². The highest BCUT2D eigenvalue weighted by Crippen LogP contribution is 2.40. The van der Waals surface area contributed by atoms with Crippen molar-refractivity contribution in [1.29, 1.82) is 0 Å². The summed E-state index contributed by atoms with van der Waals surface area (Å²) in [6, 6.07) is 6.52. The minimum atomic E-state index is 0.252. The van der Waals surface area contributed by atoms with E-state index >= 15 is 0 Å². The molecular weight excluding hydrogens is 352 g/mol. The molecule has 1 aromatic carbocycles. The summed E-state index contributed by atoms with van der Waals surface area (Å²) in [5, 5.41) is 8.78. The number of hydrogen-bond donors (Lipinski definition) is 0. The molecule has 28 heavy (non-hydrogen) atoms. The van der Waals surface area contributed by atoms with Crippen LogP contribution >= 0.6 is 0 Å². The third-order valence-corrected chi connectivity index (χ3v) is 5.87. The molecule has 150 valence electrons. The fourth-order valence-electron chi connectivity index (χ4n) is 4.22. The molecule has 1 atom stereocenters. The number of aromatic nitrogens is 3. The first-order valence-electron chi connectivity index (χ1n) is 10.6. The van der Waals surface area contributed by atoms with E-state index < -0.39 is 0 Å². The van der Waals surface area contributed by atoms with Gasteiger partial charge >= 0.3 is 0 Å². The third kappa shape index (κ3) is 3.88. The summed E-state index contributed by atoms with van der Waals surface area (Å²) in [6.07, 6.45) is 8.43. The monoisotopic (exact) mass is 382 g/mol. The highest BCUT2D eigenvalue weighted by molar-refractivity contribution is 5.71. The molecule has 5 rings (SSSR count). The Morgan fingerprint density at radius 3 is 2.75 bits per heavy atom. The molecule has 0 bridgehead atoms. The number of rotatable bonds is 6. The Balaban J connectivity index is 1.36. The van der Waals surface area contributed by atoms with Gasteiger partial charge in [-0.05, 0) is 49.7 Å². The molecule has 2 saturated heterocycles. The lowest BCUT2D eigenvalue weighted by molar-refractivity contribution is 0.00370. The van der Waals surface area contributed by atoms with Crippen molar-refractivity contribution in [2.45, 2.75) is 64.7 Å². The molecule has 0 amide bonds. The van der Waals surface area contributed by atoms with Crippen LogP contribution in [0.1, 0.15) is 46.0 Å². The van der Waals surface area contributed by atoms with E-state index in [1.165, 1.54) is 18.5 Å². The predicted octanol–water partition coefficient (Wildman–Crippen LogP) is 3.90. The van der Waals surface area contributed by atoms with Gasteiger partial charge in [0.25, 0.3) is 0 Å². The quantitative estimate of drug-likeness (QED) is 0.758. The Morgan fingerprint density at radius 2 is 2.04 bits per heavy atom. The molecule has 6 heteroatoms. The van der Waals surface area contributed by atoms with Crippen LogP contribution in [0.2, 0.25) is 0 Å². The zero-order chi connectivity index (χ0) is 19.1. The van der Waals surface area contributed by atoms with Crippen molar-refractivity contribution in [2.75, 3.05) is 24.6 Å². The molecule has 3 heterocycles. The molecule has 6 nitrogen and oxygen atoms in total. The zero-order valence-electron chi connectivity index (χ0n) is 16.9. The number of nitrogens with zero attached hydrogens (tertiary/aromatic N) is 4. The van der Waals surface area contributed by atoms with Crippen LogP contribution in [-0.4, -0.2) is 46.9 Å². The first-order chi connectivity index (χ1) is 13.6. The summed E-state index contributed by atoms with van der Waals surface area (Å²) >= 11 is 0. The molecule has 2 aliphatic heterocycles. The number of anilines is 1. The van der Waals surface area contributed by atoms with Gasteiger partial charge in [-0.25, -0.2) is 4.68 Å². The van der Waals surface area contributed by atoms with E-state index in [2.05, 4.69) is 47.3 Å². The first kappa shape index (κ1) is 18.0. The summed E-state index contributed by atoms with van der Waals surface area (Å²) < 4.78 is 14.0. The summed E-state index contributed by atoms with van der Waals surface area (Å²) in [6.45, 7) is 8.44. The van der Waals surface area contributed by atoms with Gasteiger partial charge in [0.05, 0.1) is 24.9 Å². The van der Waals surface area contributed by atoms with Crippen LogP contribution in [0, 0.1) is 5.41 Å². The lowest BCUT2D eigenvalue weighted by Crippen LogP contribution is -2.53. The topological polar surface area (TPSA) is 52.4 Å². The maximum atomic E-state index is 6.25. The fourth-order valence-corrected chi connectivity index (χ4v) is 4.22. The van der Waals surface area contributed by atoms with Gasteiger partial charge < -0.3 is 14.4 Å². The van der Waals surface area contributed by atoms with Crippen molar-refractivity contribution in [1.82, 2.24) is 15.0 Å². The van der Waals surface area contributed by atoms with Gasteiger partial charge in [-0.3, -0.25) is 0 Å². The average molecular weight is 383 g/mol. The Bertz CT molecular complexity index is 829. The van der Waals surface area contributed by atoms with Gasteiger partial charge in [-0.1, -0.05) is 19.1 Å². The van der Waals surface area contributed by atoms with Crippen molar-refractivity contribution in [3.63, 3.8) is 0 Å². The van der Waals surface area contributed by atoms with Crippen LogP contribution in [-0.2, 0) is 11.3 Å². The molecule has 0 spiro atoms. The van der Waals surface area contributed by atoms with Gasteiger partial charge in [-0.15, -0.1) is 5.10 Å². The molecule has 3 fully saturated rings. The van der Waals surface area contributed by atoms with E-state index in [1.807, 2.05) is 10.9 Å². The third-order valence-electron chi connectivity index (χ3n) is 5.87. The van der Waals surface area contributed by atoms with E-state index in [4.69, 9.17) is 9.47 Å². The molecule has 0 N–H and O–H groups in total. The fraction of sp³-hybridized carbons (Fsp3) is 0.636. The maximum Gasteiger partial charge on any atom is 0.131 e. The van der Waals surface area contributed by atoms with Gasteiger partial charge in [0, 0.05) is 37.0 Å². The lowest BCUT2D eigenvalue weighted by atomic mass is 9.84. The molecule has 1 aliphatic carbocycles. The van der Waals surface area contributed by atoms with Crippen LogP contribution < -0.4 is 9.64 Å². The number of ether oxygens (including phenoxy) is 2. The predicted molar refractivity (Wildman–Crippen MR) is 109 cm³/mol. The highest BCUT2D eigenvalue weighted by Gasteiger charge is 2.35. The van der Waals surface area contributed by atoms with Crippen molar-refractivity contribution in [3.05, 3.63) is 24.4 Å². The van der Waals surface area contributed by atoms with Crippen LogP contribution in [0.4, 0.5) is 5.69 Å². The van der Waals surface area contributed by atoms with E-state index in [9.17, 15) is 0 Å². The minimum absolute atomic E-state index is 0.252. The molecule has 0 radical (unpaired) electrons. The second-order valence-corrected chi connectivity index (χ2v) is 9.33. The Labute approximate surface area is 166 Å². The summed E-state index contributed by atoms with van der Waals surface area (Å²) in [4.78, 5) is 2.42.